The van der Waals surface area contributed by atoms with Gasteiger partial charge < -0.3 is 20.7 Å². The van der Waals surface area contributed by atoms with Gasteiger partial charge in [0.25, 0.3) is 5.91 Å². The van der Waals surface area contributed by atoms with Gasteiger partial charge in [-0.1, -0.05) is 0 Å². The van der Waals surface area contributed by atoms with E-state index in [-0.39, 0.29) is 36.6 Å². The van der Waals surface area contributed by atoms with E-state index in [0.29, 0.717) is 16.6 Å². The third-order valence-corrected chi connectivity index (χ3v) is 5.36. The molecule has 10 nitrogen and oxygen atoms in total. The van der Waals surface area contributed by atoms with Crippen molar-refractivity contribution in [2.75, 3.05) is 31.6 Å². The number of anilines is 1. The Morgan fingerprint density at radius 3 is 2.74 bits per heavy atom. The summed E-state index contributed by atoms with van der Waals surface area (Å²) in [5.41, 5.74) is 1.26. The average molecular weight is 538 g/mol. The molecule has 0 saturated carbocycles. The number of benzene rings is 2. The molecule has 38 heavy (non-hydrogen) atoms. The van der Waals surface area contributed by atoms with Crippen molar-refractivity contribution in [1.82, 2.24) is 26.1 Å². The van der Waals surface area contributed by atoms with Crippen LogP contribution in [0, 0.1) is 5.82 Å². The molecular weight excluding hydrogens is 510 g/mol. The van der Waals surface area contributed by atoms with Crippen LogP contribution in [0.15, 0.2) is 41.5 Å². The molecule has 0 spiro atoms. The maximum absolute atomic E-state index is 14.2. The molecule has 2 aromatic carbocycles. The third-order valence-electron chi connectivity index (χ3n) is 5.36. The molecule has 2 atom stereocenters. The van der Waals surface area contributed by atoms with Crippen LogP contribution >= 0.6 is 0 Å². The number of aliphatic imine (C=N–C) groups is 1. The molecule has 14 heteroatoms. The van der Waals surface area contributed by atoms with E-state index in [1.165, 1.54) is 6.92 Å². The molecule has 5 N–H and O–H groups in total. The highest BCUT2D eigenvalue weighted by Gasteiger charge is 2.18. The lowest BCUT2D eigenvalue weighted by molar-refractivity contribution is -0.120. The number of halogens is 4. The average Bonchev–Trinajstić information content (AvgIpc) is 3.35. The second-order valence-electron chi connectivity index (χ2n) is 8.20. The molecule has 2 amide bonds. The van der Waals surface area contributed by atoms with E-state index >= 15 is 0 Å². The molecule has 1 heterocycles. The molecule has 0 bridgehead atoms. The van der Waals surface area contributed by atoms with Gasteiger partial charge in [0.2, 0.25) is 5.91 Å². The number of carbonyl (C=O) groups is 2. The van der Waals surface area contributed by atoms with Crippen LogP contribution in [0.5, 0.6) is 5.75 Å². The Morgan fingerprint density at radius 1 is 1.21 bits per heavy atom. The van der Waals surface area contributed by atoms with Gasteiger partial charge in [-0.25, -0.2) is 8.78 Å². The normalized spacial score (nSPS) is 12.7. The highest BCUT2D eigenvalue weighted by molar-refractivity contribution is 6.03. The number of hydrogen-bond acceptors (Lipinski definition) is 7. The van der Waals surface area contributed by atoms with Crippen LogP contribution in [0.2, 0.25) is 0 Å². The van der Waals surface area contributed by atoms with Crippen molar-refractivity contribution in [2.45, 2.75) is 25.7 Å². The minimum Gasteiger partial charge on any atom is -0.435 e. The number of ether oxygens (including phenoxy) is 1. The molecule has 0 saturated heterocycles. The maximum atomic E-state index is 14.2. The Bertz CT molecular complexity index is 1270. The zero-order valence-corrected chi connectivity index (χ0v) is 20.4. The zero-order chi connectivity index (χ0) is 27.7. The summed E-state index contributed by atoms with van der Waals surface area (Å²) in [5.74, 6) is -2.17. The minimum atomic E-state index is -3.08. The first-order valence-electron chi connectivity index (χ1n) is 11.5. The summed E-state index contributed by atoms with van der Waals surface area (Å²) in [6.45, 7) is 1.44. The number of alkyl halides is 3. The highest BCUT2D eigenvalue weighted by Crippen LogP contribution is 2.25. The molecule has 0 aliphatic rings. The Balaban J connectivity index is 1.58. The molecule has 0 aliphatic carbocycles. The van der Waals surface area contributed by atoms with Crippen molar-refractivity contribution < 1.29 is 31.9 Å². The molecule has 3 rings (SSSR count). The summed E-state index contributed by atoms with van der Waals surface area (Å²) in [6, 6.07) is 5.28. The predicted molar refractivity (Wildman–Crippen MR) is 134 cm³/mol. The van der Waals surface area contributed by atoms with Crippen LogP contribution in [0.1, 0.15) is 28.9 Å². The maximum Gasteiger partial charge on any atom is 0.387 e. The minimum absolute atomic E-state index is 0.0184. The Morgan fingerprint density at radius 2 is 2.00 bits per heavy atom. The fourth-order valence-corrected chi connectivity index (χ4v) is 3.58. The van der Waals surface area contributed by atoms with Gasteiger partial charge in [0.05, 0.1) is 37.5 Å². The molecule has 2 unspecified atom stereocenters. The summed E-state index contributed by atoms with van der Waals surface area (Å²) in [7, 11) is 0. The van der Waals surface area contributed by atoms with Crippen LogP contribution in [0.4, 0.5) is 23.2 Å². The first-order chi connectivity index (χ1) is 18.2. The van der Waals surface area contributed by atoms with Crippen LogP contribution in [-0.4, -0.2) is 67.8 Å². The lowest BCUT2D eigenvalue weighted by Crippen LogP contribution is -2.38. The topological polar surface area (TPSA) is 133 Å². The van der Waals surface area contributed by atoms with Crippen LogP contribution in [-0.2, 0) is 4.79 Å². The second kappa shape index (κ2) is 13.4. The van der Waals surface area contributed by atoms with Crippen molar-refractivity contribution in [3.63, 3.8) is 0 Å². The molecule has 1 aromatic heterocycles. The largest absolute Gasteiger partial charge is 0.435 e. The Hall–Kier alpha value is -4.20. The van der Waals surface area contributed by atoms with Crippen molar-refractivity contribution in [3.8, 4) is 5.75 Å². The Kier molecular flexibility index (Phi) is 9.99. The number of nitrogens with zero attached hydrogens (tertiary/aromatic N) is 2. The summed E-state index contributed by atoms with van der Waals surface area (Å²) in [4.78, 5) is 28.6. The molecule has 0 aliphatic heterocycles. The lowest BCUT2D eigenvalue weighted by atomic mass is 10.1. The van der Waals surface area contributed by atoms with Crippen LogP contribution < -0.4 is 26.0 Å². The van der Waals surface area contributed by atoms with Gasteiger partial charge in [0, 0.05) is 28.7 Å². The van der Waals surface area contributed by atoms with Crippen molar-refractivity contribution in [1.29, 1.82) is 0 Å². The number of aromatic amines is 1. The van der Waals surface area contributed by atoms with E-state index in [1.807, 2.05) is 0 Å². The summed E-state index contributed by atoms with van der Waals surface area (Å²) in [5, 5.41) is 18.3. The second-order valence-corrected chi connectivity index (χ2v) is 8.20. The van der Waals surface area contributed by atoms with Crippen LogP contribution in [0.25, 0.3) is 10.9 Å². The van der Waals surface area contributed by atoms with Gasteiger partial charge >= 0.3 is 6.61 Å². The van der Waals surface area contributed by atoms with Gasteiger partial charge in [-0.3, -0.25) is 25.0 Å². The van der Waals surface area contributed by atoms with E-state index in [1.54, 1.807) is 18.3 Å². The standard InChI is InChI=1S/C24H27F4N7O3/c1-13(17-7-16(38-24(27)28)3-4-19(17)26)34-22(36)11-31-23(37)14-5-20(18-10-33-35-21(18)6-14)32-12-30-9-15(25)8-29-2/h3-7,10,13,15,24,30,32H,2,8-9,11-12H2,1H3,(H,31,37)(H,33,35)(H,34,36). The van der Waals surface area contributed by atoms with Gasteiger partial charge in [0.15, 0.2) is 0 Å². The fraction of sp³-hybridized carbons (Fsp3) is 0.333. The highest BCUT2D eigenvalue weighted by atomic mass is 19.3. The van der Waals surface area contributed by atoms with E-state index in [2.05, 4.69) is 47.9 Å². The summed E-state index contributed by atoms with van der Waals surface area (Å²) < 4.78 is 56.9. The number of hydrogen-bond donors (Lipinski definition) is 5. The molecule has 204 valence electrons. The monoisotopic (exact) mass is 537 g/mol. The number of nitrogens with one attached hydrogen (secondary N) is 5. The van der Waals surface area contributed by atoms with Gasteiger partial charge in [-0.2, -0.15) is 13.9 Å². The molecule has 0 fully saturated rings. The smallest absolute Gasteiger partial charge is 0.387 e. The van der Waals surface area contributed by atoms with Gasteiger partial charge in [-0.15, -0.1) is 0 Å². The first-order valence-corrected chi connectivity index (χ1v) is 11.5. The van der Waals surface area contributed by atoms with Gasteiger partial charge in [0.1, 0.15) is 17.7 Å². The molecular formula is C24H27F4N7O3. The van der Waals surface area contributed by atoms with Crippen molar-refractivity contribution in [3.05, 3.63) is 53.5 Å². The summed E-state index contributed by atoms with van der Waals surface area (Å²) in [6.07, 6.45) is 0.384. The number of H-pyrrole nitrogens is 1. The first kappa shape index (κ1) is 28.4. The Labute approximate surface area is 215 Å². The van der Waals surface area contributed by atoms with Crippen LogP contribution in [0.3, 0.4) is 0 Å². The van der Waals surface area contributed by atoms with E-state index in [4.69, 9.17) is 0 Å². The number of fused-ring (bicyclic) bond motifs is 1. The third kappa shape index (κ3) is 7.90. The van der Waals surface area contributed by atoms with E-state index in [9.17, 15) is 27.2 Å². The number of aromatic nitrogens is 2. The number of carbonyl (C=O) groups excluding carboxylic acids is 2. The quantitative estimate of drug-likeness (QED) is 0.0930. The molecule has 0 radical (unpaired) electrons. The molecule has 3 aromatic rings. The van der Waals surface area contributed by atoms with Gasteiger partial charge in [-0.05, 0) is 44.0 Å². The number of amides is 2. The van der Waals surface area contributed by atoms with E-state index < -0.39 is 43.0 Å². The summed E-state index contributed by atoms with van der Waals surface area (Å²) >= 11 is 0. The fourth-order valence-electron chi connectivity index (χ4n) is 3.58. The van der Waals surface area contributed by atoms with Crippen molar-refractivity contribution >= 4 is 35.1 Å². The number of rotatable bonds is 14. The predicted octanol–water partition coefficient (Wildman–Crippen LogP) is 2.91. The van der Waals surface area contributed by atoms with E-state index in [0.717, 1.165) is 18.2 Å². The van der Waals surface area contributed by atoms with Crippen molar-refractivity contribution in [2.24, 2.45) is 4.99 Å². The zero-order valence-electron chi connectivity index (χ0n) is 20.4. The SMILES string of the molecule is C=NCC(F)CNCNc1cc(C(=O)NCC(=O)NC(C)c2cc(OC(F)F)ccc2F)cc2[nH]ncc12. The lowest BCUT2D eigenvalue weighted by Gasteiger charge is -2.17.